The summed E-state index contributed by atoms with van der Waals surface area (Å²) < 4.78 is 24.0. The maximum atomic E-state index is 8.52. The Kier molecular flexibility index (Phi) is 56.6. The molecule has 1 N–H and O–H groups in total. The molecular weight excluding hydrogens is 171 g/mol. The number of rotatable bonds is 0. The van der Waals surface area contributed by atoms with Gasteiger partial charge in [0.2, 0.25) is 0 Å². The third-order valence-electron chi connectivity index (χ3n) is 0. The van der Waals surface area contributed by atoms with E-state index in [-0.39, 0.29) is 59.1 Å². The van der Waals surface area contributed by atoms with Crippen molar-refractivity contribution in [1.82, 2.24) is 0 Å². The van der Waals surface area contributed by atoms with Gasteiger partial charge < -0.3 is 20.4 Å². The van der Waals surface area contributed by atoms with Crippen molar-refractivity contribution in [1.29, 1.82) is 0 Å². The van der Waals surface area contributed by atoms with Crippen LogP contribution in [0.15, 0.2) is 0 Å². The van der Waals surface area contributed by atoms with Crippen LogP contribution in [-0.2, 0) is 0 Å². The van der Waals surface area contributed by atoms with Gasteiger partial charge in [0.15, 0.2) is 0 Å². The topological polar surface area (TPSA) is 125 Å². The molecule has 0 aromatic carbocycles. The van der Waals surface area contributed by atoms with Crippen molar-refractivity contribution in [3.8, 4) is 0 Å². The average Bonchev–Trinajstić information content (AvgIpc) is 1.33. The monoisotopic (exact) mass is 172 g/mol. The fourth-order valence-electron chi connectivity index (χ4n) is 0. The van der Waals surface area contributed by atoms with Gasteiger partial charge in [-0.2, -0.15) is 0 Å². The second-order valence-corrected chi connectivity index (χ2v) is 0.692. The zero-order chi connectivity index (χ0) is 6.28. The van der Waals surface area contributed by atoms with Crippen LogP contribution in [0.5, 0.6) is 0 Å². The number of hydrogen-bond acceptors (Lipinski definition) is 3. The fourth-order valence-corrected chi connectivity index (χ4v) is 0. The molecule has 0 aromatic heterocycles. The molecule has 0 aliphatic carbocycles. The van der Waals surface area contributed by atoms with Gasteiger partial charge in [0.05, 0.1) is 0 Å². The van der Waals surface area contributed by atoms with Crippen molar-refractivity contribution in [2.24, 2.45) is 0 Å². The van der Waals surface area contributed by atoms with E-state index in [2.05, 4.69) is 0 Å². The van der Waals surface area contributed by atoms with E-state index in [9.17, 15) is 0 Å². The third-order valence-corrected chi connectivity index (χ3v) is 0. The molecule has 0 amide bonds. The van der Waals surface area contributed by atoms with Crippen molar-refractivity contribution in [2.75, 3.05) is 0 Å². The molecule has 0 spiro atoms. The normalized spacial score (nSPS) is 4.89. The molecule has 6 nitrogen and oxygen atoms in total. The van der Waals surface area contributed by atoms with Crippen LogP contribution in [0.25, 0.3) is 16.0 Å². The summed E-state index contributed by atoms with van der Waals surface area (Å²) in [6.07, 6.45) is 0. The van der Waals surface area contributed by atoms with E-state index >= 15 is 0 Å². The summed E-state index contributed by atoms with van der Waals surface area (Å²) in [6.45, 7) is 0. The molecule has 0 fully saturated rings. The first kappa shape index (κ1) is 22.4. The SMILES string of the molecule is [N-]=[N+]=[N-].[Na+].[Na+].[O-][Cl+2]([O-])O. The van der Waals surface area contributed by atoms with Crippen molar-refractivity contribution in [2.45, 2.75) is 0 Å². The van der Waals surface area contributed by atoms with E-state index in [0.29, 0.717) is 0 Å². The van der Waals surface area contributed by atoms with Gasteiger partial charge >= 0.3 is 59.1 Å². The largest absolute Gasteiger partial charge is 1.00 e. The number of halogens is 1. The predicted octanol–water partition coefficient (Wildman–Crippen LogP) is -8.06. The first-order valence-electron chi connectivity index (χ1n) is 0.878. The van der Waals surface area contributed by atoms with E-state index in [4.69, 9.17) is 25.0 Å². The summed E-state index contributed by atoms with van der Waals surface area (Å²) in [5, 5.41) is 0. The van der Waals surface area contributed by atoms with Crippen molar-refractivity contribution < 1.29 is 83.9 Å². The smallest absolute Gasteiger partial charge is 0.373 e. The van der Waals surface area contributed by atoms with Gasteiger partial charge in [-0.15, -0.1) is 0 Å². The van der Waals surface area contributed by atoms with E-state index < -0.39 is 10.8 Å². The zero-order valence-electron chi connectivity index (χ0n) is 4.98. The van der Waals surface area contributed by atoms with Gasteiger partial charge in [-0.3, -0.25) is 4.91 Å². The fraction of sp³-hybridized carbons (Fsp3) is 0. The molecule has 0 saturated carbocycles. The Morgan fingerprint density at radius 3 is 1.22 bits per heavy atom. The Bertz CT molecular complexity index is 59.3. The van der Waals surface area contributed by atoms with E-state index in [1.165, 1.54) is 4.91 Å². The summed E-state index contributed by atoms with van der Waals surface area (Å²) in [7, 11) is -2.60. The van der Waals surface area contributed by atoms with E-state index in [1.54, 1.807) is 0 Å². The van der Waals surface area contributed by atoms with Crippen LogP contribution in [0.2, 0.25) is 0 Å². The molecule has 9 heteroatoms. The Morgan fingerprint density at radius 1 is 1.22 bits per heavy atom. The molecule has 0 aliphatic heterocycles. The molecule has 0 rings (SSSR count). The molecule has 0 unspecified atom stereocenters. The number of hydrogen-bond donors (Lipinski definition) is 1. The van der Waals surface area contributed by atoms with Gasteiger partial charge in [-0.1, -0.05) is 0 Å². The summed E-state index contributed by atoms with van der Waals surface area (Å²) in [5.74, 6) is 0. The Hall–Kier alpha value is 1.48. The second kappa shape index (κ2) is 22.7. The molecule has 0 radical (unpaired) electrons. The Morgan fingerprint density at radius 2 is 1.22 bits per heavy atom. The molecule has 0 bridgehead atoms. The molecule has 0 aliphatic rings. The Balaban J connectivity index is -0.0000000233. The molecule has 0 aromatic rings. The van der Waals surface area contributed by atoms with E-state index in [1.807, 2.05) is 0 Å². The molecule has 42 valence electrons. The molecule has 0 atom stereocenters. The van der Waals surface area contributed by atoms with Gasteiger partial charge in [0.25, 0.3) is 10.8 Å². The maximum absolute atomic E-state index is 8.52. The molecule has 0 saturated heterocycles. The van der Waals surface area contributed by atoms with Crippen LogP contribution in [0.4, 0.5) is 0 Å². The van der Waals surface area contributed by atoms with Crippen LogP contribution >= 0.6 is 0 Å². The van der Waals surface area contributed by atoms with Gasteiger partial charge in [-0.05, 0) is 0 Å². The van der Waals surface area contributed by atoms with Crippen molar-refractivity contribution in [3.05, 3.63) is 16.0 Å². The number of nitrogens with zero attached hydrogens (tertiary/aromatic N) is 3. The second-order valence-electron chi connectivity index (χ2n) is 0.290. The quantitative estimate of drug-likeness (QED) is 0.169. The van der Waals surface area contributed by atoms with Gasteiger partial charge in [0, 0.05) is 4.66 Å². The van der Waals surface area contributed by atoms with Crippen LogP contribution in [-0.4, -0.2) is 4.66 Å². The van der Waals surface area contributed by atoms with Crippen LogP contribution in [0, 0.1) is 10.8 Å². The third kappa shape index (κ3) is 242. The summed E-state index contributed by atoms with van der Waals surface area (Å²) >= 11 is 0. The predicted molar refractivity (Wildman–Crippen MR) is 12.3 cm³/mol. The Labute approximate surface area is 98.6 Å². The summed E-state index contributed by atoms with van der Waals surface area (Å²) in [4.78, 5) is 1.50. The summed E-state index contributed by atoms with van der Waals surface area (Å²) in [6, 6.07) is 0. The summed E-state index contributed by atoms with van der Waals surface area (Å²) in [5.41, 5.74) is 13.5. The molecule has 9 heavy (non-hydrogen) atoms. The first-order chi connectivity index (χ1) is 3.15. The van der Waals surface area contributed by atoms with E-state index in [0.717, 1.165) is 0 Å². The van der Waals surface area contributed by atoms with Crippen LogP contribution in [0.3, 0.4) is 0 Å². The first-order valence-corrected chi connectivity index (χ1v) is 1.83. The van der Waals surface area contributed by atoms with Crippen LogP contribution < -0.4 is 68.4 Å². The minimum absolute atomic E-state index is 0. The van der Waals surface area contributed by atoms with Gasteiger partial charge in [0.1, 0.15) is 0 Å². The zero-order valence-corrected chi connectivity index (χ0v) is 9.74. The molecule has 0 heterocycles. The standard InChI is InChI=1S/ClHO3.N3.2Na/c2-1(3)4;1-3-2;;/h2H;;;/q;-1;2*+1. The van der Waals surface area contributed by atoms with Crippen LogP contribution in [0.1, 0.15) is 0 Å². The maximum Gasteiger partial charge on any atom is 1.00 e. The minimum atomic E-state index is -2.60. The molecular formula is HClN3Na2O3+. The average molecular weight is 172 g/mol. The minimum Gasteiger partial charge on any atom is -0.373 e. The van der Waals surface area contributed by atoms with Crippen molar-refractivity contribution in [3.63, 3.8) is 0 Å². The van der Waals surface area contributed by atoms with Crippen molar-refractivity contribution >= 4 is 0 Å². The van der Waals surface area contributed by atoms with Gasteiger partial charge in [-0.25, -0.2) is 0 Å².